The number of aromatic nitrogens is 5. The third-order valence-corrected chi connectivity index (χ3v) is 5.46. The predicted octanol–water partition coefficient (Wildman–Crippen LogP) is 2.55. The lowest BCUT2D eigenvalue weighted by Crippen LogP contribution is -2.34. The summed E-state index contributed by atoms with van der Waals surface area (Å²) in [4.78, 5) is 19.9. The molecule has 1 N–H and O–H groups in total. The number of amides is 1. The molecule has 8 heteroatoms. The molecule has 3 aromatic rings. The van der Waals surface area contributed by atoms with Crippen molar-refractivity contribution in [1.29, 1.82) is 0 Å². The first-order valence-electron chi connectivity index (χ1n) is 10.5. The molecule has 0 radical (unpaired) electrons. The van der Waals surface area contributed by atoms with Gasteiger partial charge in [-0.2, -0.15) is 0 Å². The maximum absolute atomic E-state index is 12.9. The van der Waals surface area contributed by atoms with Crippen molar-refractivity contribution in [1.82, 2.24) is 30.5 Å². The number of rotatable bonds is 7. The number of hydrogen-bond acceptors (Lipinski definition) is 6. The Morgan fingerprint density at radius 3 is 2.47 bits per heavy atom. The first-order chi connectivity index (χ1) is 14.8. The van der Waals surface area contributed by atoms with Gasteiger partial charge in [0.05, 0.1) is 0 Å². The van der Waals surface area contributed by atoms with Crippen molar-refractivity contribution in [3.8, 4) is 0 Å². The number of anilines is 1. The Kier molecular flexibility index (Phi) is 6.64. The van der Waals surface area contributed by atoms with Crippen LogP contribution in [0.1, 0.15) is 42.9 Å². The normalized spacial score (nSPS) is 15.4. The molecule has 3 heterocycles. The van der Waals surface area contributed by atoms with Crippen LogP contribution in [0.3, 0.4) is 0 Å². The van der Waals surface area contributed by atoms with Crippen LogP contribution in [-0.4, -0.2) is 44.2 Å². The van der Waals surface area contributed by atoms with Gasteiger partial charge in [0.1, 0.15) is 18.2 Å². The van der Waals surface area contributed by atoms with Crippen molar-refractivity contribution in [2.24, 2.45) is 0 Å². The smallest absolute Gasteiger partial charge is 0.245 e. The summed E-state index contributed by atoms with van der Waals surface area (Å²) < 4.78 is 1.50. The van der Waals surface area contributed by atoms with Crippen LogP contribution in [0.15, 0.2) is 55.0 Å². The molecule has 2 aromatic heterocycles. The zero-order valence-electron chi connectivity index (χ0n) is 17.0. The molecule has 1 aliphatic rings. The van der Waals surface area contributed by atoms with Crippen LogP contribution in [0.25, 0.3) is 0 Å². The van der Waals surface area contributed by atoms with Gasteiger partial charge in [-0.25, -0.2) is 9.67 Å². The van der Waals surface area contributed by atoms with Crippen LogP contribution in [0.5, 0.6) is 0 Å². The monoisotopic (exact) mass is 405 g/mol. The minimum absolute atomic E-state index is 0.122. The van der Waals surface area contributed by atoms with Crippen molar-refractivity contribution < 1.29 is 4.79 Å². The summed E-state index contributed by atoms with van der Waals surface area (Å²) in [6, 6.07) is 13.4. The number of nitrogens with zero attached hydrogens (tertiary/aromatic N) is 6. The molecule has 1 aromatic carbocycles. The van der Waals surface area contributed by atoms with E-state index in [1.807, 2.05) is 42.6 Å². The van der Waals surface area contributed by atoms with Gasteiger partial charge in [-0.15, -0.1) is 5.10 Å². The number of nitrogens with one attached hydrogen (secondary N) is 1. The summed E-state index contributed by atoms with van der Waals surface area (Å²) in [7, 11) is 0. The van der Waals surface area contributed by atoms with Gasteiger partial charge >= 0.3 is 0 Å². The molecule has 1 aliphatic heterocycles. The second-order valence-electron chi connectivity index (χ2n) is 7.64. The van der Waals surface area contributed by atoms with Gasteiger partial charge in [0.15, 0.2) is 0 Å². The molecule has 0 bridgehead atoms. The summed E-state index contributed by atoms with van der Waals surface area (Å²) in [5.41, 5.74) is 2.02. The molecular formula is C22H27N7O. The van der Waals surface area contributed by atoms with Crippen molar-refractivity contribution in [2.75, 3.05) is 18.0 Å². The summed E-state index contributed by atoms with van der Waals surface area (Å²) >= 11 is 0. The fraction of sp³-hybridized carbons (Fsp3) is 0.409. The Morgan fingerprint density at radius 2 is 1.80 bits per heavy atom. The topological polar surface area (TPSA) is 88.8 Å². The number of tetrazole rings is 1. The van der Waals surface area contributed by atoms with Gasteiger partial charge in [-0.1, -0.05) is 49.2 Å². The minimum atomic E-state index is -0.508. The van der Waals surface area contributed by atoms with Gasteiger partial charge < -0.3 is 10.2 Å². The average Bonchev–Trinajstić information content (AvgIpc) is 3.19. The molecule has 0 unspecified atom stereocenters. The molecule has 0 aliphatic carbocycles. The highest BCUT2D eigenvalue weighted by Crippen LogP contribution is 2.18. The fourth-order valence-corrected chi connectivity index (χ4v) is 3.77. The summed E-state index contributed by atoms with van der Waals surface area (Å²) in [5, 5.41) is 14.3. The summed E-state index contributed by atoms with van der Waals surface area (Å²) in [6.07, 6.45) is 8.88. The van der Waals surface area contributed by atoms with E-state index in [1.165, 1.54) is 36.7 Å². The van der Waals surface area contributed by atoms with Crippen molar-refractivity contribution in [3.05, 3.63) is 66.1 Å². The van der Waals surface area contributed by atoms with E-state index in [2.05, 4.69) is 36.8 Å². The number of pyridine rings is 1. The number of hydrogen-bond donors (Lipinski definition) is 1. The van der Waals surface area contributed by atoms with Crippen LogP contribution >= 0.6 is 0 Å². The van der Waals surface area contributed by atoms with E-state index < -0.39 is 6.04 Å². The van der Waals surface area contributed by atoms with Crippen LogP contribution in [0.4, 0.5) is 5.82 Å². The molecule has 1 amide bonds. The molecule has 30 heavy (non-hydrogen) atoms. The highest BCUT2D eigenvalue weighted by Gasteiger charge is 2.22. The van der Waals surface area contributed by atoms with E-state index in [1.54, 1.807) is 0 Å². The van der Waals surface area contributed by atoms with Crippen molar-refractivity contribution in [3.63, 3.8) is 0 Å². The predicted molar refractivity (Wildman–Crippen MR) is 114 cm³/mol. The lowest BCUT2D eigenvalue weighted by Gasteiger charge is -2.21. The van der Waals surface area contributed by atoms with Crippen molar-refractivity contribution >= 4 is 11.7 Å². The Morgan fingerprint density at radius 1 is 1.00 bits per heavy atom. The van der Waals surface area contributed by atoms with E-state index >= 15 is 0 Å². The summed E-state index contributed by atoms with van der Waals surface area (Å²) in [5.74, 6) is 0.894. The van der Waals surface area contributed by atoms with Gasteiger partial charge in [-0.05, 0) is 40.5 Å². The second kappa shape index (κ2) is 9.96. The van der Waals surface area contributed by atoms with Crippen LogP contribution in [0.2, 0.25) is 0 Å². The zero-order valence-corrected chi connectivity index (χ0v) is 17.0. The highest BCUT2D eigenvalue weighted by atomic mass is 16.2. The second-order valence-corrected chi connectivity index (χ2v) is 7.64. The van der Waals surface area contributed by atoms with Gasteiger partial charge in [0.2, 0.25) is 5.91 Å². The maximum atomic E-state index is 12.9. The number of benzene rings is 1. The molecule has 156 valence electrons. The number of carbonyl (C=O) groups is 1. The van der Waals surface area contributed by atoms with Gasteiger partial charge in [0.25, 0.3) is 0 Å². The molecular weight excluding hydrogens is 378 g/mol. The molecule has 8 nitrogen and oxygen atoms in total. The standard InChI is InChI=1S/C22H27N7O/c30-22(20(29-17-25-26-27-29)14-18-8-4-3-5-9-18)24-16-19-10-11-21(23-15-19)28-12-6-1-2-7-13-28/h3-5,8-11,15,17,20H,1-2,6-7,12-14,16H2,(H,24,30)/t20-/m1/s1. The Bertz CT molecular complexity index is 904. The molecule has 4 rings (SSSR count). The number of carbonyl (C=O) groups excluding carboxylic acids is 1. The Balaban J connectivity index is 1.38. The molecule has 0 saturated carbocycles. The maximum Gasteiger partial charge on any atom is 0.245 e. The lowest BCUT2D eigenvalue weighted by molar-refractivity contribution is -0.124. The highest BCUT2D eigenvalue weighted by molar-refractivity contribution is 5.80. The average molecular weight is 406 g/mol. The van der Waals surface area contributed by atoms with E-state index in [9.17, 15) is 4.79 Å². The first-order valence-corrected chi connectivity index (χ1v) is 10.5. The minimum Gasteiger partial charge on any atom is -0.357 e. The third-order valence-electron chi connectivity index (χ3n) is 5.46. The Labute approximate surface area is 176 Å². The lowest BCUT2D eigenvalue weighted by atomic mass is 10.1. The zero-order chi connectivity index (χ0) is 20.6. The van der Waals surface area contributed by atoms with E-state index in [0.29, 0.717) is 13.0 Å². The third kappa shape index (κ3) is 5.20. The van der Waals surface area contributed by atoms with Gasteiger partial charge in [0, 0.05) is 32.3 Å². The molecule has 1 saturated heterocycles. The largest absolute Gasteiger partial charge is 0.357 e. The van der Waals surface area contributed by atoms with Crippen LogP contribution in [-0.2, 0) is 17.8 Å². The van der Waals surface area contributed by atoms with E-state index in [-0.39, 0.29) is 5.91 Å². The van der Waals surface area contributed by atoms with Crippen LogP contribution < -0.4 is 10.2 Å². The van der Waals surface area contributed by atoms with Gasteiger partial charge in [-0.3, -0.25) is 4.79 Å². The van der Waals surface area contributed by atoms with Crippen LogP contribution in [0, 0.1) is 0 Å². The molecule has 0 spiro atoms. The summed E-state index contributed by atoms with van der Waals surface area (Å²) in [6.45, 7) is 2.55. The van der Waals surface area contributed by atoms with E-state index in [0.717, 1.165) is 30.0 Å². The Hall–Kier alpha value is -3.29. The fourth-order valence-electron chi connectivity index (χ4n) is 3.77. The first kappa shape index (κ1) is 20.0. The molecule has 1 atom stereocenters. The quantitative estimate of drug-likeness (QED) is 0.650. The van der Waals surface area contributed by atoms with Crippen molar-refractivity contribution in [2.45, 2.75) is 44.7 Å². The molecule has 1 fully saturated rings. The SMILES string of the molecule is O=C(NCc1ccc(N2CCCCCC2)nc1)[C@@H](Cc1ccccc1)n1cnnn1. The van der Waals surface area contributed by atoms with E-state index in [4.69, 9.17) is 0 Å².